The fraction of sp³-hybridized carbons (Fsp3) is 0.214. The zero-order valence-electron chi connectivity index (χ0n) is 10.4. The molecule has 0 aliphatic heterocycles. The minimum Gasteiger partial charge on any atom is -0.294 e. The second-order valence-electron chi connectivity index (χ2n) is 3.94. The predicted molar refractivity (Wildman–Crippen MR) is 72.8 cm³/mol. The highest BCUT2D eigenvalue weighted by Gasteiger charge is 2.07. The van der Waals surface area contributed by atoms with Crippen molar-refractivity contribution in [2.45, 2.75) is 24.5 Å². The second-order valence-corrected chi connectivity index (χ2v) is 4.99. The zero-order chi connectivity index (χ0) is 13.0. The molecule has 0 fully saturated rings. The Labute approximate surface area is 111 Å². The highest BCUT2D eigenvalue weighted by molar-refractivity contribution is 7.98. The van der Waals surface area contributed by atoms with Crippen LogP contribution in [0, 0.1) is 6.92 Å². The third-order valence-electron chi connectivity index (χ3n) is 2.52. The Kier molecular flexibility index (Phi) is 4.10. The number of nitrogens with zero attached hydrogens (tertiary/aromatic N) is 2. The van der Waals surface area contributed by atoms with Crippen LogP contribution in [0.5, 0.6) is 0 Å². The van der Waals surface area contributed by atoms with Gasteiger partial charge >= 0.3 is 0 Å². The number of rotatable bonds is 4. The van der Waals surface area contributed by atoms with Crippen LogP contribution in [-0.2, 0) is 5.75 Å². The molecule has 1 aromatic carbocycles. The van der Waals surface area contributed by atoms with Gasteiger partial charge in [-0.3, -0.25) is 4.79 Å². The van der Waals surface area contributed by atoms with Crippen LogP contribution in [0.2, 0.25) is 0 Å². The van der Waals surface area contributed by atoms with E-state index in [1.54, 1.807) is 18.0 Å². The first-order valence-corrected chi connectivity index (χ1v) is 6.66. The van der Waals surface area contributed by atoms with Gasteiger partial charge in [0.15, 0.2) is 5.78 Å². The van der Waals surface area contributed by atoms with Crippen LogP contribution in [0.25, 0.3) is 0 Å². The van der Waals surface area contributed by atoms with Crippen molar-refractivity contribution in [1.82, 2.24) is 9.97 Å². The Morgan fingerprint density at radius 1 is 1.28 bits per heavy atom. The van der Waals surface area contributed by atoms with Gasteiger partial charge in [0, 0.05) is 11.1 Å². The van der Waals surface area contributed by atoms with Crippen LogP contribution in [0.3, 0.4) is 0 Å². The number of Topliss-reactive ketones (excluding diaryl/α,β-unsaturated/α-hetero) is 1. The first-order chi connectivity index (χ1) is 8.66. The summed E-state index contributed by atoms with van der Waals surface area (Å²) in [7, 11) is 0. The van der Waals surface area contributed by atoms with Crippen molar-refractivity contribution in [2.24, 2.45) is 0 Å². The summed E-state index contributed by atoms with van der Waals surface area (Å²) in [6.45, 7) is 3.37. The third-order valence-corrected chi connectivity index (χ3v) is 3.53. The molecule has 2 rings (SSSR count). The van der Waals surface area contributed by atoms with Crippen molar-refractivity contribution in [3.63, 3.8) is 0 Å². The van der Waals surface area contributed by atoms with Crippen molar-refractivity contribution in [1.29, 1.82) is 0 Å². The van der Waals surface area contributed by atoms with E-state index in [0.29, 0.717) is 11.3 Å². The Hall–Kier alpha value is -1.68. The Balaban J connectivity index is 2.07. The lowest BCUT2D eigenvalue weighted by molar-refractivity contribution is 0.101. The summed E-state index contributed by atoms with van der Waals surface area (Å²) in [5.74, 6) is 1.48. The quantitative estimate of drug-likeness (QED) is 0.623. The molecule has 3 nitrogen and oxygen atoms in total. The average Bonchev–Trinajstić information content (AvgIpc) is 2.37. The molecule has 0 atom stereocenters. The Morgan fingerprint density at radius 3 is 2.61 bits per heavy atom. The summed E-state index contributed by atoms with van der Waals surface area (Å²) in [6, 6.07) is 10.1. The molecule has 0 amide bonds. The fourth-order valence-electron chi connectivity index (χ4n) is 1.59. The van der Waals surface area contributed by atoms with Gasteiger partial charge in [0.25, 0.3) is 0 Å². The number of hydrogen-bond donors (Lipinski definition) is 0. The van der Waals surface area contributed by atoms with Crippen LogP contribution in [-0.4, -0.2) is 15.8 Å². The maximum Gasteiger partial charge on any atom is 0.163 e. The Bertz CT molecular complexity index is 555. The second kappa shape index (κ2) is 5.78. The molecule has 0 aliphatic carbocycles. The van der Waals surface area contributed by atoms with Crippen LogP contribution >= 0.6 is 11.8 Å². The molecule has 4 heteroatoms. The summed E-state index contributed by atoms with van der Waals surface area (Å²) >= 11 is 1.69. The predicted octanol–water partition coefficient (Wildman–Crippen LogP) is 3.28. The lowest BCUT2D eigenvalue weighted by atomic mass is 10.2. The van der Waals surface area contributed by atoms with E-state index >= 15 is 0 Å². The molecule has 18 heavy (non-hydrogen) atoms. The largest absolute Gasteiger partial charge is 0.294 e. The van der Waals surface area contributed by atoms with Crippen LogP contribution in [0.15, 0.2) is 41.4 Å². The number of aromatic nitrogens is 2. The molecule has 0 saturated heterocycles. The lowest BCUT2D eigenvalue weighted by Gasteiger charge is -2.04. The van der Waals surface area contributed by atoms with E-state index in [2.05, 4.69) is 22.1 Å². The summed E-state index contributed by atoms with van der Waals surface area (Å²) in [5.41, 5.74) is 1.35. The van der Waals surface area contributed by atoms with Gasteiger partial charge in [-0.25, -0.2) is 9.97 Å². The van der Waals surface area contributed by atoms with Crippen LogP contribution in [0.4, 0.5) is 0 Å². The zero-order valence-corrected chi connectivity index (χ0v) is 11.2. The lowest BCUT2D eigenvalue weighted by Crippen LogP contribution is -2.03. The molecule has 1 aromatic heterocycles. The standard InChI is InChI=1S/C14H14N2OS/c1-10-13(11(2)17)8-15-14(16-10)9-18-12-6-4-3-5-7-12/h3-8H,9H2,1-2H3. The van der Waals surface area contributed by atoms with E-state index in [1.165, 1.54) is 11.8 Å². The molecule has 0 saturated carbocycles. The van der Waals surface area contributed by atoms with Crippen molar-refractivity contribution < 1.29 is 4.79 Å². The number of benzene rings is 1. The first kappa shape index (κ1) is 12.8. The van der Waals surface area contributed by atoms with Gasteiger partial charge in [-0.1, -0.05) is 18.2 Å². The summed E-state index contributed by atoms with van der Waals surface area (Å²) in [4.78, 5) is 21.0. The normalized spacial score (nSPS) is 10.3. The molecule has 0 aliphatic rings. The summed E-state index contributed by atoms with van der Waals surface area (Å²) in [6.07, 6.45) is 1.62. The van der Waals surface area contributed by atoms with Gasteiger partial charge in [-0.05, 0) is 26.0 Å². The molecular formula is C14H14N2OS. The highest BCUT2D eigenvalue weighted by atomic mass is 32.2. The monoisotopic (exact) mass is 258 g/mol. The maximum absolute atomic E-state index is 11.3. The molecule has 1 heterocycles. The Morgan fingerprint density at radius 2 is 2.00 bits per heavy atom. The number of ketones is 1. The molecule has 0 N–H and O–H groups in total. The van der Waals surface area contributed by atoms with Crippen LogP contribution in [0.1, 0.15) is 28.8 Å². The molecule has 0 spiro atoms. The molecule has 0 unspecified atom stereocenters. The van der Waals surface area contributed by atoms with Gasteiger partial charge in [-0.2, -0.15) is 0 Å². The summed E-state index contributed by atoms with van der Waals surface area (Å²) < 4.78 is 0. The van der Waals surface area contributed by atoms with E-state index in [0.717, 1.165) is 11.5 Å². The molecule has 92 valence electrons. The van der Waals surface area contributed by atoms with Gasteiger partial charge in [0.05, 0.1) is 17.0 Å². The third kappa shape index (κ3) is 3.17. The van der Waals surface area contributed by atoms with E-state index < -0.39 is 0 Å². The topological polar surface area (TPSA) is 42.9 Å². The average molecular weight is 258 g/mol. The van der Waals surface area contributed by atoms with Gasteiger partial charge in [0.2, 0.25) is 0 Å². The first-order valence-electron chi connectivity index (χ1n) is 5.68. The SMILES string of the molecule is CC(=O)c1cnc(CSc2ccccc2)nc1C. The summed E-state index contributed by atoms with van der Waals surface area (Å²) in [5, 5.41) is 0. The van der Waals surface area contributed by atoms with Crippen molar-refractivity contribution in [2.75, 3.05) is 0 Å². The van der Waals surface area contributed by atoms with Gasteiger partial charge < -0.3 is 0 Å². The minimum atomic E-state index is 0.00904. The van der Waals surface area contributed by atoms with E-state index in [-0.39, 0.29) is 5.78 Å². The van der Waals surface area contributed by atoms with Gasteiger partial charge in [-0.15, -0.1) is 11.8 Å². The number of carbonyl (C=O) groups is 1. The van der Waals surface area contributed by atoms with Crippen molar-refractivity contribution in [3.8, 4) is 0 Å². The molecule has 2 aromatic rings. The number of thioether (sulfide) groups is 1. The van der Waals surface area contributed by atoms with E-state index in [9.17, 15) is 4.79 Å². The molecule has 0 bridgehead atoms. The smallest absolute Gasteiger partial charge is 0.163 e. The minimum absolute atomic E-state index is 0.00904. The molecular weight excluding hydrogens is 244 g/mol. The van der Waals surface area contributed by atoms with E-state index in [1.807, 2.05) is 25.1 Å². The highest BCUT2D eigenvalue weighted by Crippen LogP contribution is 2.20. The van der Waals surface area contributed by atoms with Crippen molar-refractivity contribution in [3.05, 3.63) is 53.6 Å². The van der Waals surface area contributed by atoms with E-state index in [4.69, 9.17) is 0 Å². The number of hydrogen-bond acceptors (Lipinski definition) is 4. The number of aryl methyl sites for hydroxylation is 1. The van der Waals surface area contributed by atoms with Crippen molar-refractivity contribution >= 4 is 17.5 Å². The fourth-order valence-corrected chi connectivity index (χ4v) is 2.38. The maximum atomic E-state index is 11.3. The van der Waals surface area contributed by atoms with Crippen LogP contribution < -0.4 is 0 Å². The molecule has 0 radical (unpaired) electrons. The van der Waals surface area contributed by atoms with Gasteiger partial charge in [0.1, 0.15) is 5.82 Å². The number of carbonyl (C=O) groups excluding carboxylic acids is 1.